The summed E-state index contributed by atoms with van der Waals surface area (Å²) in [6.45, 7) is 3.77. The monoisotopic (exact) mass is 478 g/mol. The summed E-state index contributed by atoms with van der Waals surface area (Å²) in [7, 11) is 0. The zero-order valence-electron chi connectivity index (χ0n) is 19.8. The average molecular weight is 479 g/mol. The minimum atomic E-state index is -0.998. The van der Waals surface area contributed by atoms with E-state index >= 15 is 0 Å². The van der Waals surface area contributed by atoms with Gasteiger partial charge in [-0.1, -0.05) is 74.5 Å². The van der Waals surface area contributed by atoms with E-state index in [4.69, 9.17) is 9.47 Å². The first-order valence-corrected chi connectivity index (χ1v) is 11.4. The maximum atomic E-state index is 13.1. The molecular formula is C26H30N4O5. The lowest BCUT2D eigenvalue weighted by Gasteiger charge is -2.24. The Hall–Kier alpha value is -4.14. The Balaban J connectivity index is 1.62. The second-order valence-corrected chi connectivity index (χ2v) is 8.36. The molecule has 0 aliphatic rings. The van der Waals surface area contributed by atoms with Crippen LogP contribution in [0.3, 0.4) is 0 Å². The number of carbonyl (C=O) groups excluding carboxylic acids is 3. The molecule has 0 unspecified atom stereocenters. The second kappa shape index (κ2) is 12.9. The Morgan fingerprint density at radius 2 is 1.49 bits per heavy atom. The van der Waals surface area contributed by atoms with Crippen LogP contribution in [-0.4, -0.2) is 40.0 Å². The summed E-state index contributed by atoms with van der Waals surface area (Å²) in [6, 6.07) is 16.6. The van der Waals surface area contributed by atoms with Crippen molar-refractivity contribution < 1.29 is 23.9 Å². The van der Waals surface area contributed by atoms with Gasteiger partial charge in [-0.2, -0.15) is 0 Å². The van der Waals surface area contributed by atoms with Gasteiger partial charge in [0.05, 0.1) is 6.33 Å². The number of carbonyl (C=O) groups is 3. The van der Waals surface area contributed by atoms with E-state index in [2.05, 4.69) is 20.6 Å². The number of nitrogens with one attached hydrogen (secondary N) is 3. The Morgan fingerprint density at radius 3 is 2.03 bits per heavy atom. The summed E-state index contributed by atoms with van der Waals surface area (Å²) in [4.78, 5) is 45.2. The van der Waals surface area contributed by atoms with Gasteiger partial charge < -0.3 is 25.1 Å². The number of nitrogens with zero attached hydrogens (tertiary/aromatic N) is 1. The first-order valence-electron chi connectivity index (χ1n) is 11.4. The number of alkyl carbamates (subject to hydrolysis) is 1. The molecule has 1 heterocycles. The zero-order valence-corrected chi connectivity index (χ0v) is 19.8. The van der Waals surface area contributed by atoms with Gasteiger partial charge in [0, 0.05) is 18.3 Å². The smallest absolute Gasteiger partial charge is 0.408 e. The van der Waals surface area contributed by atoms with Crippen molar-refractivity contribution in [3.05, 3.63) is 90.0 Å². The maximum absolute atomic E-state index is 13.1. The number of benzene rings is 2. The molecule has 0 fully saturated rings. The predicted octanol–water partition coefficient (Wildman–Crippen LogP) is 3.13. The van der Waals surface area contributed by atoms with Gasteiger partial charge in [0.1, 0.15) is 25.3 Å². The average Bonchev–Trinajstić information content (AvgIpc) is 3.38. The fraction of sp³-hybridized carbons (Fsp3) is 0.308. The van der Waals surface area contributed by atoms with Crippen molar-refractivity contribution in [2.75, 3.05) is 0 Å². The molecule has 3 N–H and O–H groups in total. The molecule has 1 aromatic heterocycles. The molecule has 3 rings (SSSR count). The molecule has 9 nitrogen and oxygen atoms in total. The van der Waals surface area contributed by atoms with Crippen molar-refractivity contribution >= 4 is 18.0 Å². The minimum Gasteiger partial charge on any atom is -0.459 e. The molecule has 0 bridgehead atoms. The lowest BCUT2D eigenvalue weighted by molar-refractivity contribution is -0.150. The van der Waals surface area contributed by atoms with Crippen molar-refractivity contribution in [2.24, 2.45) is 5.92 Å². The molecule has 0 saturated carbocycles. The van der Waals surface area contributed by atoms with E-state index in [1.54, 1.807) is 20.0 Å². The number of H-pyrrole nitrogens is 1. The molecule has 9 heteroatoms. The van der Waals surface area contributed by atoms with Crippen molar-refractivity contribution in [1.29, 1.82) is 0 Å². The van der Waals surface area contributed by atoms with Gasteiger partial charge in [0.2, 0.25) is 5.91 Å². The van der Waals surface area contributed by atoms with E-state index in [1.807, 2.05) is 60.7 Å². The van der Waals surface area contributed by atoms with Crippen LogP contribution < -0.4 is 10.6 Å². The third-order valence-corrected chi connectivity index (χ3v) is 5.24. The van der Waals surface area contributed by atoms with Gasteiger partial charge in [-0.15, -0.1) is 0 Å². The largest absolute Gasteiger partial charge is 0.459 e. The van der Waals surface area contributed by atoms with Gasteiger partial charge in [-0.05, 0) is 17.0 Å². The quantitative estimate of drug-likeness (QED) is 0.364. The number of imidazole rings is 1. The molecule has 0 spiro atoms. The van der Waals surface area contributed by atoms with Crippen molar-refractivity contribution in [2.45, 2.75) is 45.6 Å². The first-order chi connectivity index (χ1) is 16.9. The summed E-state index contributed by atoms with van der Waals surface area (Å²) in [5.41, 5.74) is 2.30. The number of amides is 2. The molecule has 2 aromatic carbocycles. The number of esters is 1. The van der Waals surface area contributed by atoms with Crippen molar-refractivity contribution in [3.63, 3.8) is 0 Å². The molecule has 2 atom stereocenters. The van der Waals surface area contributed by atoms with Crippen LogP contribution >= 0.6 is 0 Å². The van der Waals surface area contributed by atoms with Gasteiger partial charge in [-0.25, -0.2) is 14.6 Å². The Labute approximate surface area is 204 Å². The van der Waals surface area contributed by atoms with Crippen LogP contribution in [-0.2, 0) is 38.7 Å². The van der Waals surface area contributed by atoms with Crippen LogP contribution in [0.4, 0.5) is 4.79 Å². The SMILES string of the molecule is CC(C)[C@@H](NC(=O)[C@@H](Cc1cnc[nH]1)NC(=O)OCc1ccccc1)C(=O)OCc1ccccc1. The van der Waals surface area contributed by atoms with Crippen LogP contribution in [0.2, 0.25) is 0 Å². The highest BCUT2D eigenvalue weighted by Gasteiger charge is 2.30. The lowest BCUT2D eigenvalue weighted by Crippen LogP contribution is -2.54. The Bertz CT molecular complexity index is 1070. The van der Waals surface area contributed by atoms with E-state index < -0.39 is 30.1 Å². The molecule has 0 aliphatic carbocycles. The second-order valence-electron chi connectivity index (χ2n) is 8.36. The van der Waals surface area contributed by atoms with Gasteiger partial charge in [-0.3, -0.25) is 4.79 Å². The summed E-state index contributed by atoms with van der Waals surface area (Å²) in [5, 5.41) is 5.32. The van der Waals surface area contributed by atoms with Gasteiger partial charge in [0.25, 0.3) is 0 Å². The summed E-state index contributed by atoms with van der Waals surface area (Å²) in [5.74, 6) is -1.32. The number of aromatic nitrogens is 2. The summed E-state index contributed by atoms with van der Waals surface area (Å²) >= 11 is 0. The van der Waals surface area contributed by atoms with E-state index in [9.17, 15) is 14.4 Å². The molecular weight excluding hydrogens is 448 g/mol. The Kier molecular flexibility index (Phi) is 9.41. The summed E-state index contributed by atoms with van der Waals surface area (Å²) < 4.78 is 10.7. The lowest BCUT2D eigenvalue weighted by atomic mass is 10.0. The highest BCUT2D eigenvalue weighted by molar-refractivity contribution is 5.90. The van der Waals surface area contributed by atoms with E-state index in [-0.39, 0.29) is 25.6 Å². The number of rotatable bonds is 11. The van der Waals surface area contributed by atoms with Gasteiger partial charge >= 0.3 is 12.1 Å². The fourth-order valence-electron chi connectivity index (χ4n) is 3.30. The third kappa shape index (κ3) is 8.29. The van der Waals surface area contributed by atoms with E-state index in [0.717, 1.165) is 11.1 Å². The molecule has 184 valence electrons. The summed E-state index contributed by atoms with van der Waals surface area (Å²) in [6.07, 6.45) is 2.43. The topological polar surface area (TPSA) is 122 Å². The molecule has 2 amide bonds. The molecule has 0 radical (unpaired) electrons. The standard InChI is InChI=1S/C26H30N4O5/c1-18(2)23(25(32)34-15-19-9-5-3-6-10-19)30-24(31)22(13-21-14-27-17-28-21)29-26(33)35-16-20-11-7-4-8-12-20/h3-12,14,17-18,22-23H,13,15-16H2,1-2H3,(H,27,28)(H,29,33)(H,30,31)/t22-,23-/m1/s1. The zero-order chi connectivity index (χ0) is 25.0. The van der Waals surface area contributed by atoms with Crippen molar-refractivity contribution in [1.82, 2.24) is 20.6 Å². The van der Waals surface area contributed by atoms with Crippen molar-refractivity contribution in [3.8, 4) is 0 Å². The highest BCUT2D eigenvalue weighted by atomic mass is 16.5. The normalized spacial score (nSPS) is 12.4. The van der Waals surface area contributed by atoms with Crippen LogP contribution in [0, 0.1) is 5.92 Å². The number of hydrogen-bond donors (Lipinski definition) is 3. The van der Waals surface area contributed by atoms with Crippen LogP contribution in [0.5, 0.6) is 0 Å². The van der Waals surface area contributed by atoms with Crippen LogP contribution in [0.15, 0.2) is 73.2 Å². The predicted molar refractivity (Wildman–Crippen MR) is 129 cm³/mol. The van der Waals surface area contributed by atoms with E-state index in [1.165, 1.54) is 6.33 Å². The Morgan fingerprint density at radius 1 is 0.886 bits per heavy atom. The maximum Gasteiger partial charge on any atom is 0.408 e. The van der Waals surface area contributed by atoms with Gasteiger partial charge in [0.15, 0.2) is 0 Å². The molecule has 0 aliphatic heterocycles. The molecule has 3 aromatic rings. The number of hydrogen-bond acceptors (Lipinski definition) is 6. The van der Waals surface area contributed by atoms with Crippen LogP contribution in [0.1, 0.15) is 30.7 Å². The third-order valence-electron chi connectivity index (χ3n) is 5.24. The first kappa shape index (κ1) is 25.5. The van der Waals surface area contributed by atoms with Crippen LogP contribution in [0.25, 0.3) is 0 Å². The molecule has 35 heavy (non-hydrogen) atoms. The highest BCUT2D eigenvalue weighted by Crippen LogP contribution is 2.09. The minimum absolute atomic E-state index is 0.0610. The number of ether oxygens (including phenoxy) is 2. The fourth-order valence-corrected chi connectivity index (χ4v) is 3.30. The molecule has 0 saturated heterocycles. The van der Waals surface area contributed by atoms with E-state index in [0.29, 0.717) is 5.69 Å². The number of aromatic amines is 1.